The van der Waals surface area contributed by atoms with Gasteiger partial charge in [-0.05, 0) is 24.3 Å². The first-order valence-corrected chi connectivity index (χ1v) is 11.0. The van der Waals surface area contributed by atoms with E-state index in [1.807, 2.05) is 0 Å². The molecule has 0 saturated heterocycles. The average molecular weight is 509 g/mol. The molecule has 14 heteroatoms. The molecule has 4 heterocycles. The standard InChI is InChI=1S/C23H21F2N9O3/c1-32-13-18(30-22(35)17-11-29-34-7-2-6-27-21(17)34)20(31-32)16-9-14(3-4-19(16)37-23(24)25)36-15-10-28-33(12-15)8-5-26/h2-4,6-7,9-13,23H,5,8,26H2,1H3,(H,30,35). The maximum atomic E-state index is 13.2. The molecular formula is C23H21F2N9O3. The van der Waals surface area contributed by atoms with E-state index in [1.165, 1.54) is 39.8 Å². The lowest BCUT2D eigenvalue weighted by Crippen LogP contribution is -2.12. The number of nitrogens with zero attached hydrogens (tertiary/aromatic N) is 7. The Balaban J connectivity index is 1.49. The van der Waals surface area contributed by atoms with Gasteiger partial charge >= 0.3 is 6.61 Å². The number of hydrogen-bond donors (Lipinski definition) is 2. The smallest absolute Gasteiger partial charge is 0.387 e. The minimum absolute atomic E-state index is 0.145. The van der Waals surface area contributed by atoms with Crippen LogP contribution in [0.15, 0.2) is 61.4 Å². The first-order valence-electron chi connectivity index (χ1n) is 11.0. The summed E-state index contributed by atoms with van der Waals surface area (Å²) in [4.78, 5) is 17.3. The second kappa shape index (κ2) is 10.0. The predicted molar refractivity (Wildman–Crippen MR) is 128 cm³/mol. The normalized spacial score (nSPS) is 11.3. The second-order valence-corrected chi connectivity index (χ2v) is 7.83. The zero-order valence-corrected chi connectivity index (χ0v) is 19.5. The van der Waals surface area contributed by atoms with Gasteiger partial charge in [0.1, 0.15) is 22.8 Å². The number of ether oxygens (including phenoxy) is 2. The van der Waals surface area contributed by atoms with Gasteiger partial charge in [0, 0.05) is 32.2 Å². The number of benzene rings is 1. The van der Waals surface area contributed by atoms with Crippen molar-refractivity contribution in [2.45, 2.75) is 13.2 Å². The van der Waals surface area contributed by atoms with Crippen LogP contribution in [-0.4, -0.2) is 53.2 Å². The van der Waals surface area contributed by atoms with Gasteiger partial charge in [-0.25, -0.2) is 9.50 Å². The van der Waals surface area contributed by atoms with Gasteiger partial charge in [0.15, 0.2) is 11.4 Å². The van der Waals surface area contributed by atoms with E-state index in [0.717, 1.165) is 0 Å². The highest BCUT2D eigenvalue weighted by Crippen LogP contribution is 2.38. The van der Waals surface area contributed by atoms with E-state index < -0.39 is 12.5 Å². The number of amides is 1. The molecule has 5 aromatic rings. The third kappa shape index (κ3) is 5.08. The molecule has 0 unspecified atom stereocenters. The molecular weight excluding hydrogens is 488 g/mol. The van der Waals surface area contributed by atoms with Crippen LogP contribution in [0.5, 0.6) is 17.2 Å². The van der Waals surface area contributed by atoms with Gasteiger partial charge < -0.3 is 20.5 Å². The van der Waals surface area contributed by atoms with E-state index in [2.05, 4.69) is 25.6 Å². The fourth-order valence-electron chi connectivity index (χ4n) is 3.70. The van der Waals surface area contributed by atoms with E-state index in [-0.39, 0.29) is 28.3 Å². The fraction of sp³-hybridized carbons (Fsp3) is 0.174. The van der Waals surface area contributed by atoms with Crippen LogP contribution in [0.2, 0.25) is 0 Å². The molecule has 0 radical (unpaired) electrons. The number of carbonyl (C=O) groups excluding carboxylic acids is 1. The molecule has 3 N–H and O–H groups in total. The van der Waals surface area contributed by atoms with E-state index in [1.54, 1.807) is 42.6 Å². The number of hydrogen-bond acceptors (Lipinski definition) is 8. The number of nitrogens with one attached hydrogen (secondary N) is 1. The van der Waals surface area contributed by atoms with Crippen molar-refractivity contribution < 1.29 is 23.0 Å². The largest absolute Gasteiger partial charge is 0.454 e. The van der Waals surface area contributed by atoms with Crippen molar-refractivity contribution in [3.05, 3.63) is 67.0 Å². The Morgan fingerprint density at radius 3 is 2.86 bits per heavy atom. The fourth-order valence-corrected chi connectivity index (χ4v) is 3.70. The third-order valence-corrected chi connectivity index (χ3v) is 5.23. The average Bonchev–Trinajstić information content (AvgIpc) is 3.58. The second-order valence-electron chi connectivity index (χ2n) is 7.83. The molecule has 1 amide bonds. The summed E-state index contributed by atoms with van der Waals surface area (Å²) < 4.78 is 41.5. The van der Waals surface area contributed by atoms with E-state index >= 15 is 0 Å². The van der Waals surface area contributed by atoms with E-state index in [0.29, 0.717) is 30.2 Å². The van der Waals surface area contributed by atoms with Crippen molar-refractivity contribution in [2.24, 2.45) is 12.8 Å². The highest BCUT2D eigenvalue weighted by atomic mass is 19.3. The van der Waals surface area contributed by atoms with Crippen molar-refractivity contribution in [2.75, 3.05) is 11.9 Å². The Kier molecular flexibility index (Phi) is 6.47. The summed E-state index contributed by atoms with van der Waals surface area (Å²) >= 11 is 0. The van der Waals surface area contributed by atoms with Crippen molar-refractivity contribution in [1.82, 2.24) is 34.2 Å². The van der Waals surface area contributed by atoms with Crippen molar-refractivity contribution in [3.8, 4) is 28.5 Å². The summed E-state index contributed by atoms with van der Waals surface area (Å²) in [6.07, 6.45) is 9.31. The van der Waals surface area contributed by atoms with Crippen LogP contribution in [0.25, 0.3) is 16.9 Å². The van der Waals surface area contributed by atoms with E-state index in [4.69, 9.17) is 15.2 Å². The number of halogens is 2. The van der Waals surface area contributed by atoms with Gasteiger partial charge in [0.05, 0.1) is 36.4 Å². The monoisotopic (exact) mass is 509 g/mol. The Hall–Kier alpha value is -4.85. The lowest BCUT2D eigenvalue weighted by Gasteiger charge is -2.13. The summed E-state index contributed by atoms with van der Waals surface area (Å²) in [5.41, 5.74) is 6.77. The molecule has 0 spiro atoms. The number of aryl methyl sites for hydroxylation is 1. The van der Waals surface area contributed by atoms with Crippen LogP contribution < -0.4 is 20.5 Å². The number of fused-ring (bicyclic) bond motifs is 1. The van der Waals surface area contributed by atoms with Crippen molar-refractivity contribution in [1.29, 1.82) is 0 Å². The maximum Gasteiger partial charge on any atom is 0.387 e. The summed E-state index contributed by atoms with van der Waals surface area (Å²) in [5, 5.41) is 15.4. The molecule has 0 atom stereocenters. The van der Waals surface area contributed by atoms with Crippen LogP contribution >= 0.6 is 0 Å². The Morgan fingerprint density at radius 2 is 2.05 bits per heavy atom. The lowest BCUT2D eigenvalue weighted by molar-refractivity contribution is -0.0494. The number of anilines is 1. The minimum Gasteiger partial charge on any atom is -0.454 e. The topological polar surface area (TPSA) is 139 Å². The zero-order chi connectivity index (χ0) is 25.9. The summed E-state index contributed by atoms with van der Waals surface area (Å²) in [5.74, 6) is 0.0998. The number of aromatic nitrogens is 7. The minimum atomic E-state index is -3.08. The SMILES string of the molecule is Cn1cc(NC(=O)c2cnn3cccnc23)c(-c2cc(Oc3cnn(CCN)c3)ccc2OC(F)F)n1. The molecule has 0 bridgehead atoms. The quantitative estimate of drug-likeness (QED) is 0.309. The summed E-state index contributed by atoms with van der Waals surface area (Å²) in [6, 6.07) is 6.00. The Morgan fingerprint density at radius 1 is 1.19 bits per heavy atom. The number of nitrogens with two attached hydrogens (primary N) is 1. The molecule has 37 heavy (non-hydrogen) atoms. The maximum absolute atomic E-state index is 13.2. The molecule has 4 aromatic heterocycles. The van der Waals surface area contributed by atoms with E-state index in [9.17, 15) is 13.6 Å². The van der Waals surface area contributed by atoms with Gasteiger partial charge in [-0.2, -0.15) is 24.1 Å². The van der Waals surface area contributed by atoms with Gasteiger partial charge in [-0.3, -0.25) is 14.2 Å². The third-order valence-electron chi connectivity index (χ3n) is 5.23. The molecule has 5 rings (SSSR count). The molecule has 0 aliphatic carbocycles. The molecule has 190 valence electrons. The Labute approximate surface area is 208 Å². The summed E-state index contributed by atoms with van der Waals surface area (Å²) in [6.45, 7) is -2.16. The highest BCUT2D eigenvalue weighted by Gasteiger charge is 2.22. The van der Waals surface area contributed by atoms with Crippen LogP contribution in [-0.2, 0) is 13.6 Å². The highest BCUT2D eigenvalue weighted by molar-refractivity contribution is 6.09. The zero-order valence-electron chi connectivity index (χ0n) is 19.5. The molecule has 0 aliphatic rings. The first kappa shape index (κ1) is 23.9. The van der Waals surface area contributed by atoms with Crippen molar-refractivity contribution >= 4 is 17.2 Å². The first-order chi connectivity index (χ1) is 17.9. The molecule has 1 aromatic carbocycles. The molecule has 0 fully saturated rings. The van der Waals surface area contributed by atoms with Gasteiger partial charge in [-0.15, -0.1) is 0 Å². The van der Waals surface area contributed by atoms with Gasteiger partial charge in [0.2, 0.25) is 0 Å². The summed E-state index contributed by atoms with van der Waals surface area (Å²) in [7, 11) is 1.63. The number of rotatable bonds is 9. The number of carbonyl (C=O) groups is 1. The predicted octanol–water partition coefficient (Wildman–Crippen LogP) is 2.93. The van der Waals surface area contributed by atoms with Crippen LogP contribution in [0.1, 0.15) is 10.4 Å². The molecule has 12 nitrogen and oxygen atoms in total. The lowest BCUT2D eigenvalue weighted by atomic mass is 10.1. The van der Waals surface area contributed by atoms with Gasteiger partial charge in [-0.1, -0.05) is 0 Å². The van der Waals surface area contributed by atoms with Crippen LogP contribution in [0.3, 0.4) is 0 Å². The molecule has 0 saturated carbocycles. The van der Waals surface area contributed by atoms with Crippen LogP contribution in [0.4, 0.5) is 14.5 Å². The molecule has 0 aliphatic heterocycles. The Bertz CT molecular complexity index is 1560. The number of alkyl halides is 2. The van der Waals surface area contributed by atoms with Crippen LogP contribution in [0, 0.1) is 0 Å². The van der Waals surface area contributed by atoms with Gasteiger partial charge in [0.25, 0.3) is 5.91 Å². The van der Waals surface area contributed by atoms with Crippen molar-refractivity contribution in [3.63, 3.8) is 0 Å².